The average molecular weight is 365 g/mol. The molecule has 4 nitrogen and oxygen atoms in total. The lowest BCUT2D eigenvalue weighted by molar-refractivity contribution is -0.110. The molecule has 0 atom stereocenters. The van der Waals surface area contributed by atoms with E-state index >= 15 is 0 Å². The zero-order valence-electron chi connectivity index (χ0n) is 16.8. The van der Waals surface area contributed by atoms with Crippen LogP contribution in [0.3, 0.4) is 0 Å². The summed E-state index contributed by atoms with van der Waals surface area (Å²) in [4.78, 5) is 12.6. The number of nitrogens with one attached hydrogen (secondary N) is 1. The van der Waals surface area contributed by atoms with Gasteiger partial charge in [0.1, 0.15) is 11.5 Å². The number of ether oxygens (including phenoxy) is 2. The van der Waals surface area contributed by atoms with Crippen molar-refractivity contribution >= 4 is 23.2 Å². The van der Waals surface area contributed by atoms with Crippen molar-refractivity contribution in [1.82, 2.24) is 0 Å². The lowest BCUT2D eigenvalue weighted by Crippen LogP contribution is -2.04. The summed E-state index contributed by atoms with van der Waals surface area (Å²) < 4.78 is 11.0. The number of methoxy groups -OCH3 is 2. The fourth-order valence-electron chi connectivity index (χ4n) is 3.48. The highest BCUT2D eigenvalue weighted by molar-refractivity contribution is 6.35. The molecule has 27 heavy (non-hydrogen) atoms. The van der Waals surface area contributed by atoms with E-state index in [9.17, 15) is 4.79 Å². The second-order valence-corrected chi connectivity index (χ2v) is 7.47. The summed E-state index contributed by atoms with van der Waals surface area (Å²) in [6, 6.07) is 9.86. The molecule has 1 aliphatic rings. The zero-order chi connectivity index (χ0) is 19.7. The van der Waals surface area contributed by atoms with Crippen LogP contribution in [-0.2, 0) is 4.79 Å². The van der Waals surface area contributed by atoms with Crippen LogP contribution in [0.25, 0.3) is 11.6 Å². The molecule has 2 aromatic rings. The molecule has 3 rings (SSSR count). The predicted molar refractivity (Wildman–Crippen MR) is 111 cm³/mol. The maximum atomic E-state index is 12.6. The molecule has 142 valence electrons. The highest BCUT2D eigenvalue weighted by Gasteiger charge is 2.25. The lowest BCUT2D eigenvalue weighted by Gasteiger charge is -2.19. The first-order valence-corrected chi connectivity index (χ1v) is 9.29. The van der Waals surface area contributed by atoms with E-state index in [-0.39, 0.29) is 5.91 Å². The second-order valence-electron chi connectivity index (χ2n) is 7.47. The Morgan fingerprint density at radius 3 is 2.07 bits per heavy atom. The van der Waals surface area contributed by atoms with Gasteiger partial charge in [0, 0.05) is 16.8 Å². The molecule has 2 aromatic carbocycles. The Bertz CT molecular complexity index is 881. The molecule has 0 unspecified atom stereocenters. The minimum absolute atomic E-state index is 0.0914. The maximum absolute atomic E-state index is 12.6. The van der Waals surface area contributed by atoms with Gasteiger partial charge in [-0.1, -0.05) is 27.7 Å². The Labute approximate surface area is 161 Å². The Balaban J connectivity index is 2.17. The first kappa shape index (κ1) is 19.0. The van der Waals surface area contributed by atoms with E-state index in [1.165, 1.54) is 0 Å². The number of hydrogen-bond donors (Lipinski definition) is 1. The van der Waals surface area contributed by atoms with Crippen molar-refractivity contribution in [1.29, 1.82) is 0 Å². The van der Waals surface area contributed by atoms with E-state index in [1.54, 1.807) is 14.2 Å². The van der Waals surface area contributed by atoms with Gasteiger partial charge in [-0.2, -0.15) is 0 Å². The average Bonchev–Trinajstić information content (AvgIpc) is 2.95. The largest absolute Gasteiger partial charge is 0.497 e. The molecule has 0 saturated carbocycles. The van der Waals surface area contributed by atoms with E-state index in [4.69, 9.17) is 9.47 Å². The molecule has 1 amide bonds. The zero-order valence-corrected chi connectivity index (χ0v) is 16.8. The molecular weight excluding hydrogens is 338 g/mol. The van der Waals surface area contributed by atoms with Gasteiger partial charge in [0.2, 0.25) is 0 Å². The number of carbonyl (C=O) groups is 1. The number of benzene rings is 2. The van der Waals surface area contributed by atoms with Crippen molar-refractivity contribution in [3.8, 4) is 11.5 Å². The van der Waals surface area contributed by atoms with E-state index in [1.807, 2.05) is 24.3 Å². The van der Waals surface area contributed by atoms with Gasteiger partial charge in [-0.05, 0) is 64.9 Å². The van der Waals surface area contributed by atoms with Crippen LogP contribution in [0.2, 0.25) is 0 Å². The van der Waals surface area contributed by atoms with E-state index in [0.29, 0.717) is 17.4 Å². The summed E-state index contributed by atoms with van der Waals surface area (Å²) in [5.41, 5.74) is 5.64. The molecule has 1 heterocycles. The van der Waals surface area contributed by atoms with Gasteiger partial charge in [0.05, 0.1) is 14.2 Å². The van der Waals surface area contributed by atoms with Crippen LogP contribution in [0, 0.1) is 0 Å². The van der Waals surface area contributed by atoms with Crippen molar-refractivity contribution in [2.75, 3.05) is 19.5 Å². The number of anilines is 1. The summed E-state index contributed by atoms with van der Waals surface area (Å²) in [6.07, 6.45) is 1.96. The Morgan fingerprint density at radius 1 is 0.926 bits per heavy atom. The molecule has 0 radical (unpaired) electrons. The van der Waals surface area contributed by atoms with E-state index in [0.717, 1.165) is 39.4 Å². The van der Waals surface area contributed by atoms with E-state index in [2.05, 4.69) is 45.1 Å². The first-order chi connectivity index (χ1) is 12.8. The van der Waals surface area contributed by atoms with Gasteiger partial charge in [-0.15, -0.1) is 0 Å². The van der Waals surface area contributed by atoms with Gasteiger partial charge in [0.15, 0.2) is 0 Å². The minimum Gasteiger partial charge on any atom is -0.497 e. The fourth-order valence-corrected chi connectivity index (χ4v) is 3.48. The Hall–Kier alpha value is -2.75. The summed E-state index contributed by atoms with van der Waals surface area (Å²) in [5.74, 6) is 2.23. The van der Waals surface area contributed by atoms with Gasteiger partial charge < -0.3 is 14.8 Å². The molecule has 0 bridgehead atoms. The van der Waals surface area contributed by atoms with Crippen LogP contribution in [0.1, 0.15) is 61.8 Å². The number of amides is 1. The minimum atomic E-state index is -0.0914. The number of rotatable bonds is 5. The number of hydrogen-bond acceptors (Lipinski definition) is 3. The van der Waals surface area contributed by atoms with Crippen molar-refractivity contribution < 1.29 is 14.3 Å². The topological polar surface area (TPSA) is 47.6 Å². The van der Waals surface area contributed by atoms with Gasteiger partial charge in [-0.25, -0.2) is 0 Å². The SMILES string of the molecule is COc1ccc2c(c1)/C(=C\c1cc(C(C)C)c(OC)c(C(C)C)c1)C(=O)N2. The Morgan fingerprint density at radius 2 is 1.56 bits per heavy atom. The third kappa shape index (κ3) is 3.57. The maximum Gasteiger partial charge on any atom is 0.256 e. The van der Waals surface area contributed by atoms with Crippen LogP contribution in [0.15, 0.2) is 30.3 Å². The van der Waals surface area contributed by atoms with Crippen molar-refractivity contribution in [3.05, 3.63) is 52.6 Å². The molecule has 1 aliphatic heterocycles. The molecule has 0 aromatic heterocycles. The summed E-state index contributed by atoms with van der Waals surface area (Å²) >= 11 is 0. The predicted octanol–water partition coefficient (Wildman–Crippen LogP) is 5.44. The van der Waals surface area contributed by atoms with Crippen LogP contribution in [-0.4, -0.2) is 20.1 Å². The lowest BCUT2D eigenvalue weighted by atomic mass is 9.90. The molecule has 0 spiro atoms. The molecule has 1 N–H and O–H groups in total. The third-order valence-electron chi connectivity index (χ3n) is 4.94. The highest BCUT2D eigenvalue weighted by atomic mass is 16.5. The standard InChI is InChI=1S/C23H27NO3/c1-13(2)17-9-15(10-18(14(3)4)22(17)27-6)11-20-19-12-16(26-5)7-8-21(19)24-23(20)25/h7-14H,1-6H3,(H,24,25)/b20-11+. The molecule has 0 saturated heterocycles. The quantitative estimate of drug-likeness (QED) is 0.717. The molecule has 4 heteroatoms. The van der Waals surface area contributed by atoms with Crippen LogP contribution in [0.4, 0.5) is 5.69 Å². The second kappa shape index (κ2) is 7.47. The van der Waals surface area contributed by atoms with E-state index < -0.39 is 0 Å². The molecule has 0 fully saturated rings. The summed E-state index contributed by atoms with van der Waals surface area (Å²) in [6.45, 7) is 8.62. The summed E-state index contributed by atoms with van der Waals surface area (Å²) in [5, 5.41) is 2.93. The fraction of sp³-hybridized carbons (Fsp3) is 0.348. The number of fused-ring (bicyclic) bond motifs is 1. The molecular formula is C23H27NO3. The van der Waals surface area contributed by atoms with Crippen LogP contribution in [0.5, 0.6) is 11.5 Å². The highest BCUT2D eigenvalue weighted by Crippen LogP contribution is 2.39. The van der Waals surface area contributed by atoms with Crippen molar-refractivity contribution in [2.24, 2.45) is 0 Å². The van der Waals surface area contributed by atoms with Crippen LogP contribution >= 0.6 is 0 Å². The van der Waals surface area contributed by atoms with Crippen molar-refractivity contribution in [2.45, 2.75) is 39.5 Å². The van der Waals surface area contributed by atoms with Gasteiger partial charge in [0.25, 0.3) is 5.91 Å². The summed E-state index contributed by atoms with van der Waals surface area (Å²) in [7, 11) is 3.35. The monoisotopic (exact) mass is 365 g/mol. The molecule has 0 aliphatic carbocycles. The van der Waals surface area contributed by atoms with Crippen molar-refractivity contribution in [3.63, 3.8) is 0 Å². The Kier molecular flexibility index (Phi) is 5.26. The van der Waals surface area contributed by atoms with Crippen LogP contribution < -0.4 is 14.8 Å². The third-order valence-corrected chi connectivity index (χ3v) is 4.94. The van der Waals surface area contributed by atoms with Gasteiger partial charge in [-0.3, -0.25) is 4.79 Å². The first-order valence-electron chi connectivity index (χ1n) is 9.29. The normalized spacial score (nSPS) is 14.7. The van der Waals surface area contributed by atoms with Gasteiger partial charge >= 0.3 is 0 Å². The smallest absolute Gasteiger partial charge is 0.256 e. The number of carbonyl (C=O) groups excluding carboxylic acids is 1.